The highest BCUT2D eigenvalue weighted by molar-refractivity contribution is 5.02. The van der Waals surface area contributed by atoms with Crippen molar-refractivity contribution >= 4 is 0 Å². The SMILES string of the molecule is CCC1CCCC(O)(C2(CN)CCCCC2)CC1. The van der Waals surface area contributed by atoms with Gasteiger partial charge in [-0.25, -0.2) is 0 Å². The first-order chi connectivity index (χ1) is 8.66. The van der Waals surface area contributed by atoms with E-state index in [2.05, 4.69) is 6.92 Å². The monoisotopic (exact) mass is 253 g/mol. The van der Waals surface area contributed by atoms with E-state index in [0.717, 1.165) is 31.6 Å². The zero-order valence-corrected chi connectivity index (χ0v) is 12.1. The van der Waals surface area contributed by atoms with E-state index in [1.165, 1.54) is 44.9 Å². The molecule has 2 nitrogen and oxygen atoms in total. The van der Waals surface area contributed by atoms with Crippen molar-refractivity contribution < 1.29 is 5.11 Å². The summed E-state index contributed by atoms with van der Waals surface area (Å²) in [5.41, 5.74) is 5.68. The van der Waals surface area contributed by atoms with Crippen LogP contribution in [0.4, 0.5) is 0 Å². The van der Waals surface area contributed by atoms with Gasteiger partial charge in [-0.05, 0) is 38.0 Å². The first-order valence-electron chi connectivity index (χ1n) is 8.08. The highest BCUT2D eigenvalue weighted by atomic mass is 16.3. The number of nitrogens with two attached hydrogens (primary N) is 1. The van der Waals surface area contributed by atoms with Crippen molar-refractivity contribution in [1.82, 2.24) is 0 Å². The van der Waals surface area contributed by atoms with E-state index in [0.29, 0.717) is 6.54 Å². The van der Waals surface area contributed by atoms with Crippen LogP contribution < -0.4 is 5.73 Å². The molecule has 0 amide bonds. The molecule has 0 aromatic heterocycles. The predicted octanol–water partition coefficient (Wildman–Crippen LogP) is 3.62. The molecule has 0 aromatic rings. The molecule has 0 saturated heterocycles. The fourth-order valence-corrected chi connectivity index (χ4v) is 4.42. The number of hydrogen-bond donors (Lipinski definition) is 2. The summed E-state index contributed by atoms with van der Waals surface area (Å²) in [5.74, 6) is 0.831. The van der Waals surface area contributed by atoms with Crippen molar-refractivity contribution in [2.75, 3.05) is 6.54 Å². The van der Waals surface area contributed by atoms with Gasteiger partial charge < -0.3 is 10.8 Å². The van der Waals surface area contributed by atoms with Crippen LogP contribution in [-0.4, -0.2) is 17.3 Å². The Labute approximate surface area is 112 Å². The second-order valence-corrected chi connectivity index (χ2v) is 6.78. The highest BCUT2D eigenvalue weighted by Crippen LogP contribution is 2.50. The van der Waals surface area contributed by atoms with Gasteiger partial charge in [-0.15, -0.1) is 0 Å². The summed E-state index contributed by atoms with van der Waals surface area (Å²) in [6.45, 7) is 2.97. The Hall–Kier alpha value is -0.0800. The maximum Gasteiger partial charge on any atom is 0.0715 e. The fraction of sp³-hybridized carbons (Fsp3) is 1.00. The summed E-state index contributed by atoms with van der Waals surface area (Å²) in [5, 5.41) is 11.3. The Morgan fingerprint density at radius 3 is 2.33 bits per heavy atom. The standard InChI is InChI=1S/C16H31NO/c1-2-14-7-6-11-16(18,12-8-14)15(13-17)9-4-3-5-10-15/h14,18H,2-13,17H2,1H3. The lowest BCUT2D eigenvalue weighted by Crippen LogP contribution is -2.53. The van der Waals surface area contributed by atoms with Gasteiger partial charge in [-0.2, -0.15) is 0 Å². The summed E-state index contributed by atoms with van der Waals surface area (Å²) < 4.78 is 0. The molecule has 2 rings (SSSR count). The predicted molar refractivity (Wildman–Crippen MR) is 76.4 cm³/mol. The first-order valence-corrected chi connectivity index (χ1v) is 8.08. The lowest BCUT2D eigenvalue weighted by molar-refractivity contribution is -0.110. The molecule has 2 unspecified atom stereocenters. The Morgan fingerprint density at radius 2 is 1.72 bits per heavy atom. The Kier molecular flexibility index (Phi) is 4.71. The molecule has 2 aliphatic carbocycles. The third kappa shape index (κ3) is 2.60. The zero-order chi connectivity index (χ0) is 13.1. The van der Waals surface area contributed by atoms with E-state index in [4.69, 9.17) is 5.73 Å². The van der Waals surface area contributed by atoms with Crippen LogP contribution in [0.3, 0.4) is 0 Å². The molecule has 0 bridgehead atoms. The molecular formula is C16H31NO. The van der Waals surface area contributed by atoms with E-state index < -0.39 is 5.60 Å². The van der Waals surface area contributed by atoms with Crippen LogP contribution in [0.25, 0.3) is 0 Å². The van der Waals surface area contributed by atoms with Crippen molar-refractivity contribution in [3.63, 3.8) is 0 Å². The Bertz CT molecular complexity index is 260. The molecular weight excluding hydrogens is 222 g/mol. The maximum atomic E-state index is 11.3. The van der Waals surface area contributed by atoms with Gasteiger partial charge in [0.1, 0.15) is 0 Å². The van der Waals surface area contributed by atoms with E-state index >= 15 is 0 Å². The minimum Gasteiger partial charge on any atom is -0.389 e. The molecule has 2 atom stereocenters. The molecule has 2 heteroatoms. The molecule has 2 fully saturated rings. The zero-order valence-electron chi connectivity index (χ0n) is 12.1. The first kappa shape index (κ1) is 14.3. The van der Waals surface area contributed by atoms with E-state index in [-0.39, 0.29) is 5.41 Å². The van der Waals surface area contributed by atoms with Gasteiger partial charge in [-0.1, -0.05) is 45.4 Å². The smallest absolute Gasteiger partial charge is 0.0715 e. The van der Waals surface area contributed by atoms with Crippen molar-refractivity contribution in [2.24, 2.45) is 17.1 Å². The lowest BCUT2D eigenvalue weighted by Gasteiger charge is -2.49. The molecule has 3 N–H and O–H groups in total. The van der Waals surface area contributed by atoms with Crippen molar-refractivity contribution in [3.05, 3.63) is 0 Å². The topological polar surface area (TPSA) is 46.2 Å². The van der Waals surface area contributed by atoms with E-state index in [1.54, 1.807) is 0 Å². The molecule has 106 valence electrons. The lowest BCUT2D eigenvalue weighted by atomic mass is 9.60. The van der Waals surface area contributed by atoms with E-state index in [1.807, 2.05) is 0 Å². The molecule has 0 radical (unpaired) electrons. The fourth-order valence-electron chi connectivity index (χ4n) is 4.42. The van der Waals surface area contributed by atoms with Gasteiger partial charge in [0.25, 0.3) is 0 Å². The molecule has 0 aromatic carbocycles. The van der Waals surface area contributed by atoms with Crippen LogP contribution in [0.2, 0.25) is 0 Å². The van der Waals surface area contributed by atoms with Crippen LogP contribution in [0, 0.1) is 11.3 Å². The molecule has 0 aliphatic heterocycles. The Morgan fingerprint density at radius 1 is 1.00 bits per heavy atom. The summed E-state index contributed by atoms with van der Waals surface area (Å²) in [6, 6.07) is 0. The molecule has 0 heterocycles. The summed E-state index contributed by atoms with van der Waals surface area (Å²) in [7, 11) is 0. The third-order valence-electron chi connectivity index (χ3n) is 5.93. The van der Waals surface area contributed by atoms with Gasteiger partial charge >= 0.3 is 0 Å². The second kappa shape index (κ2) is 5.92. The van der Waals surface area contributed by atoms with Crippen LogP contribution in [0.5, 0.6) is 0 Å². The molecule has 0 spiro atoms. The minimum absolute atomic E-state index is 0.0356. The summed E-state index contributed by atoms with van der Waals surface area (Å²) in [4.78, 5) is 0. The van der Waals surface area contributed by atoms with Crippen LogP contribution in [0.1, 0.15) is 77.6 Å². The average molecular weight is 253 g/mol. The number of hydrogen-bond acceptors (Lipinski definition) is 2. The van der Waals surface area contributed by atoms with Gasteiger partial charge in [0, 0.05) is 12.0 Å². The number of aliphatic hydroxyl groups is 1. The van der Waals surface area contributed by atoms with Crippen LogP contribution >= 0.6 is 0 Å². The largest absolute Gasteiger partial charge is 0.389 e. The second-order valence-electron chi connectivity index (χ2n) is 6.78. The molecule has 2 aliphatic rings. The summed E-state index contributed by atoms with van der Waals surface area (Å²) >= 11 is 0. The van der Waals surface area contributed by atoms with Gasteiger partial charge in [0.2, 0.25) is 0 Å². The summed E-state index contributed by atoms with van der Waals surface area (Å²) in [6.07, 6.45) is 13.1. The third-order valence-corrected chi connectivity index (χ3v) is 5.93. The molecule has 2 saturated carbocycles. The van der Waals surface area contributed by atoms with Crippen LogP contribution in [-0.2, 0) is 0 Å². The van der Waals surface area contributed by atoms with Crippen molar-refractivity contribution in [2.45, 2.75) is 83.2 Å². The quantitative estimate of drug-likeness (QED) is 0.755. The molecule has 18 heavy (non-hydrogen) atoms. The van der Waals surface area contributed by atoms with E-state index in [9.17, 15) is 5.11 Å². The van der Waals surface area contributed by atoms with Gasteiger partial charge in [0.15, 0.2) is 0 Å². The van der Waals surface area contributed by atoms with Crippen molar-refractivity contribution in [1.29, 1.82) is 0 Å². The minimum atomic E-state index is -0.466. The average Bonchev–Trinajstić information content (AvgIpc) is 2.62. The maximum absolute atomic E-state index is 11.3. The highest BCUT2D eigenvalue weighted by Gasteiger charge is 2.49. The van der Waals surface area contributed by atoms with Gasteiger partial charge in [-0.3, -0.25) is 0 Å². The Balaban J connectivity index is 2.12. The normalized spacial score (nSPS) is 37.2. The number of rotatable bonds is 3. The van der Waals surface area contributed by atoms with Crippen LogP contribution in [0.15, 0.2) is 0 Å². The van der Waals surface area contributed by atoms with Gasteiger partial charge in [0.05, 0.1) is 5.60 Å². The van der Waals surface area contributed by atoms with Crippen molar-refractivity contribution in [3.8, 4) is 0 Å².